The number of furan rings is 1. The van der Waals surface area contributed by atoms with Gasteiger partial charge in [-0.1, -0.05) is 31.7 Å². The molecule has 2 aromatic heterocycles. The van der Waals surface area contributed by atoms with Gasteiger partial charge in [0.05, 0.1) is 28.7 Å². The molecule has 0 radical (unpaired) electrons. The number of sulfonamides is 1. The van der Waals surface area contributed by atoms with Crippen molar-refractivity contribution < 1.29 is 21.6 Å². The molecule has 0 spiro atoms. The molecule has 2 aromatic carbocycles. The van der Waals surface area contributed by atoms with Crippen LogP contribution in [0.4, 0.5) is 8.78 Å². The SMILES string of the molecule is CCN(CC)S(=O)(=O)c1ccc2c(c1)nc(SCc1c(F)cccc1F)n2Cc1ccco1. The molecule has 174 valence electrons. The first-order chi connectivity index (χ1) is 15.8. The van der Waals surface area contributed by atoms with E-state index in [-0.39, 0.29) is 16.2 Å². The minimum Gasteiger partial charge on any atom is -0.467 e. The normalized spacial score (nSPS) is 12.2. The van der Waals surface area contributed by atoms with Crippen molar-refractivity contribution in [2.24, 2.45) is 0 Å². The summed E-state index contributed by atoms with van der Waals surface area (Å²) in [5, 5.41) is 0.501. The van der Waals surface area contributed by atoms with Gasteiger partial charge in [-0.2, -0.15) is 4.31 Å². The van der Waals surface area contributed by atoms with Crippen LogP contribution in [0.2, 0.25) is 0 Å². The monoisotopic (exact) mass is 491 g/mol. The van der Waals surface area contributed by atoms with Crippen LogP contribution in [0.5, 0.6) is 0 Å². The molecule has 0 fully saturated rings. The molecule has 10 heteroatoms. The number of fused-ring (bicyclic) bond motifs is 1. The van der Waals surface area contributed by atoms with E-state index in [4.69, 9.17) is 4.42 Å². The molecule has 0 aliphatic heterocycles. The van der Waals surface area contributed by atoms with Gasteiger partial charge in [-0.05, 0) is 42.5 Å². The first-order valence-corrected chi connectivity index (χ1v) is 12.9. The Morgan fingerprint density at radius 1 is 1.06 bits per heavy atom. The molecule has 33 heavy (non-hydrogen) atoms. The minimum absolute atomic E-state index is 0.0323. The second kappa shape index (κ2) is 9.66. The third-order valence-corrected chi connectivity index (χ3v) is 8.38. The first-order valence-electron chi connectivity index (χ1n) is 10.4. The minimum atomic E-state index is -3.65. The third-order valence-electron chi connectivity index (χ3n) is 5.33. The maximum absolute atomic E-state index is 14.1. The van der Waals surface area contributed by atoms with Crippen molar-refractivity contribution in [2.45, 2.75) is 36.2 Å². The number of halogens is 2. The van der Waals surface area contributed by atoms with Gasteiger partial charge >= 0.3 is 0 Å². The summed E-state index contributed by atoms with van der Waals surface area (Å²) < 4.78 is 62.9. The van der Waals surface area contributed by atoms with E-state index >= 15 is 0 Å². The van der Waals surface area contributed by atoms with Gasteiger partial charge in [0.15, 0.2) is 5.16 Å². The van der Waals surface area contributed by atoms with Gasteiger partial charge in [-0.3, -0.25) is 0 Å². The molecule has 0 amide bonds. The van der Waals surface area contributed by atoms with Crippen LogP contribution in [-0.2, 0) is 22.3 Å². The number of nitrogens with zero attached hydrogens (tertiary/aromatic N) is 3. The highest BCUT2D eigenvalue weighted by atomic mass is 32.2. The average Bonchev–Trinajstić information content (AvgIpc) is 3.42. The zero-order valence-corrected chi connectivity index (χ0v) is 19.8. The Morgan fingerprint density at radius 3 is 2.42 bits per heavy atom. The highest BCUT2D eigenvalue weighted by Gasteiger charge is 2.23. The molecule has 0 aliphatic carbocycles. The van der Waals surface area contributed by atoms with E-state index in [2.05, 4.69) is 4.98 Å². The highest BCUT2D eigenvalue weighted by Crippen LogP contribution is 2.31. The Balaban J connectivity index is 1.76. The van der Waals surface area contributed by atoms with E-state index in [0.29, 0.717) is 41.6 Å². The smallest absolute Gasteiger partial charge is 0.243 e. The van der Waals surface area contributed by atoms with Crippen LogP contribution in [0.15, 0.2) is 69.3 Å². The molecule has 0 saturated heterocycles. The molecule has 0 saturated carbocycles. The standard InChI is InChI=1S/C23H23F2N3O3S2/c1-3-27(4-2)33(29,30)17-10-11-22-21(13-17)26-23(28(22)14-16-7-6-12-31-16)32-15-18-19(24)8-5-9-20(18)25/h5-13H,3-4,14-15H2,1-2H3. The maximum atomic E-state index is 14.1. The summed E-state index contributed by atoms with van der Waals surface area (Å²) in [4.78, 5) is 4.76. The van der Waals surface area contributed by atoms with E-state index < -0.39 is 21.7 Å². The molecule has 4 rings (SSSR count). The van der Waals surface area contributed by atoms with Gasteiger partial charge in [0, 0.05) is 24.4 Å². The third kappa shape index (κ3) is 4.68. The number of aromatic nitrogens is 2. The van der Waals surface area contributed by atoms with E-state index in [1.807, 2.05) is 10.6 Å². The summed E-state index contributed by atoms with van der Waals surface area (Å²) >= 11 is 1.18. The second-order valence-electron chi connectivity index (χ2n) is 7.29. The molecule has 0 bridgehead atoms. The van der Waals surface area contributed by atoms with Crippen molar-refractivity contribution in [1.82, 2.24) is 13.9 Å². The summed E-state index contributed by atoms with van der Waals surface area (Å²) in [6.45, 7) is 4.63. The van der Waals surface area contributed by atoms with Crippen LogP contribution in [0, 0.1) is 11.6 Å². The summed E-state index contributed by atoms with van der Waals surface area (Å²) in [5.41, 5.74) is 1.14. The van der Waals surface area contributed by atoms with Gasteiger partial charge in [0.25, 0.3) is 0 Å². The molecule has 0 N–H and O–H groups in total. The molecular weight excluding hydrogens is 468 g/mol. The van der Waals surface area contributed by atoms with Crippen LogP contribution in [0.3, 0.4) is 0 Å². The Morgan fingerprint density at radius 2 is 1.79 bits per heavy atom. The topological polar surface area (TPSA) is 68.3 Å². The number of thioether (sulfide) groups is 1. The fourth-order valence-corrected chi connectivity index (χ4v) is 6.10. The maximum Gasteiger partial charge on any atom is 0.243 e. The number of imidazole rings is 1. The van der Waals surface area contributed by atoms with Crippen LogP contribution in [0.25, 0.3) is 11.0 Å². The molecule has 0 atom stereocenters. The van der Waals surface area contributed by atoms with Gasteiger partial charge in [-0.15, -0.1) is 0 Å². The van der Waals surface area contributed by atoms with Crippen molar-refractivity contribution >= 4 is 32.8 Å². The van der Waals surface area contributed by atoms with Gasteiger partial charge in [-0.25, -0.2) is 22.2 Å². The van der Waals surface area contributed by atoms with E-state index in [0.717, 1.165) is 0 Å². The predicted molar refractivity (Wildman–Crippen MR) is 124 cm³/mol. The quantitative estimate of drug-likeness (QED) is 0.298. The lowest BCUT2D eigenvalue weighted by Gasteiger charge is -2.18. The zero-order chi connectivity index (χ0) is 23.6. The number of hydrogen-bond acceptors (Lipinski definition) is 5. The second-order valence-corrected chi connectivity index (χ2v) is 10.2. The average molecular weight is 492 g/mol. The van der Waals surface area contributed by atoms with Crippen molar-refractivity contribution in [2.75, 3.05) is 13.1 Å². The summed E-state index contributed by atoms with van der Waals surface area (Å²) in [7, 11) is -3.65. The van der Waals surface area contributed by atoms with Crippen LogP contribution in [-0.4, -0.2) is 35.4 Å². The van der Waals surface area contributed by atoms with E-state index in [9.17, 15) is 17.2 Å². The lowest BCUT2D eigenvalue weighted by atomic mass is 10.2. The van der Waals surface area contributed by atoms with Crippen molar-refractivity contribution in [3.05, 3.63) is 77.8 Å². The predicted octanol–water partition coefficient (Wildman–Crippen LogP) is 5.28. The lowest BCUT2D eigenvalue weighted by molar-refractivity contribution is 0.445. The Labute approximate surface area is 195 Å². The lowest BCUT2D eigenvalue weighted by Crippen LogP contribution is -2.30. The Hall–Kier alpha value is -2.69. The van der Waals surface area contributed by atoms with Crippen LogP contribution < -0.4 is 0 Å². The number of rotatable bonds is 9. The fourth-order valence-electron chi connectivity index (χ4n) is 3.59. The number of benzene rings is 2. The van der Waals surface area contributed by atoms with Gasteiger partial charge in [0.1, 0.15) is 17.4 Å². The van der Waals surface area contributed by atoms with Crippen molar-refractivity contribution in [3.63, 3.8) is 0 Å². The zero-order valence-electron chi connectivity index (χ0n) is 18.2. The van der Waals surface area contributed by atoms with Crippen molar-refractivity contribution in [3.8, 4) is 0 Å². The first kappa shape index (κ1) is 23.5. The van der Waals surface area contributed by atoms with Crippen molar-refractivity contribution in [1.29, 1.82) is 0 Å². The van der Waals surface area contributed by atoms with Crippen LogP contribution >= 0.6 is 11.8 Å². The Kier molecular flexibility index (Phi) is 6.87. The molecule has 0 unspecified atom stereocenters. The van der Waals surface area contributed by atoms with E-state index in [1.165, 1.54) is 40.3 Å². The molecular formula is C23H23F2N3O3S2. The van der Waals surface area contributed by atoms with Gasteiger partial charge in [0.2, 0.25) is 10.0 Å². The summed E-state index contributed by atoms with van der Waals surface area (Å²) in [6.07, 6.45) is 1.56. The summed E-state index contributed by atoms with van der Waals surface area (Å²) in [6, 6.07) is 12.1. The fraction of sp³-hybridized carbons (Fsp3) is 0.261. The summed E-state index contributed by atoms with van der Waals surface area (Å²) in [5.74, 6) is -0.537. The highest BCUT2D eigenvalue weighted by molar-refractivity contribution is 7.98. The molecule has 0 aliphatic rings. The van der Waals surface area contributed by atoms with Crippen LogP contribution in [0.1, 0.15) is 25.2 Å². The largest absolute Gasteiger partial charge is 0.467 e. The molecule has 6 nitrogen and oxygen atoms in total. The number of hydrogen-bond donors (Lipinski definition) is 0. The van der Waals surface area contributed by atoms with Gasteiger partial charge < -0.3 is 8.98 Å². The van der Waals surface area contributed by atoms with E-state index in [1.54, 1.807) is 38.3 Å². The molecule has 4 aromatic rings. The Bertz CT molecular complexity index is 1350. The molecule has 2 heterocycles.